The molecule has 1 unspecified atom stereocenters. The Morgan fingerprint density at radius 1 is 1.26 bits per heavy atom. The Morgan fingerprint density at radius 3 is 2.52 bits per heavy atom. The van der Waals surface area contributed by atoms with E-state index in [2.05, 4.69) is 5.32 Å². The molecule has 2 heterocycles. The lowest BCUT2D eigenvalue weighted by molar-refractivity contribution is -0.137. The maximum atomic E-state index is 12.6. The number of carbonyl (C=O) groups excluding carboxylic acids is 1. The first-order chi connectivity index (χ1) is 10.6. The summed E-state index contributed by atoms with van der Waals surface area (Å²) < 4.78 is 5.84. The number of benzene rings is 1. The van der Waals surface area contributed by atoms with Crippen molar-refractivity contribution in [3.05, 3.63) is 29.8 Å². The van der Waals surface area contributed by atoms with Crippen LogP contribution in [0, 0.1) is 18.8 Å². The zero-order chi connectivity index (χ0) is 15.5. The Labute approximate surface area is 145 Å². The van der Waals surface area contributed by atoms with Crippen molar-refractivity contribution in [3.8, 4) is 5.75 Å². The zero-order valence-corrected chi connectivity index (χ0v) is 14.8. The summed E-state index contributed by atoms with van der Waals surface area (Å²) in [6.07, 6.45) is 1.80. The number of hydrogen-bond donors (Lipinski definition) is 1. The number of fused-ring (bicyclic) bond motifs is 1. The van der Waals surface area contributed by atoms with Crippen LogP contribution in [0.25, 0.3) is 0 Å². The Kier molecular flexibility index (Phi) is 6.31. The fraction of sp³-hybridized carbons (Fsp3) is 0.611. The van der Waals surface area contributed by atoms with Crippen molar-refractivity contribution in [1.29, 1.82) is 0 Å². The van der Waals surface area contributed by atoms with E-state index in [1.54, 1.807) is 0 Å². The van der Waals surface area contributed by atoms with E-state index in [1.165, 1.54) is 0 Å². The van der Waals surface area contributed by atoms with Gasteiger partial charge in [-0.05, 0) is 69.3 Å². The number of nitrogens with zero attached hydrogens (tertiary/aromatic N) is 1. The number of ether oxygens (including phenoxy) is 1. The summed E-state index contributed by atoms with van der Waals surface area (Å²) in [6, 6.07) is 7.88. The summed E-state index contributed by atoms with van der Waals surface area (Å²) in [7, 11) is 0. The molecule has 1 aromatic carbocycles. The monoisotopic (exact) mass is 338 g/mol. The Balaban J connectivity index is 0.00000192. The molecule has 2 aliphatic rings. The molecule has 1 N–H and O–H groups in total. The topological polar surface area (TPSA) is 41.6 Å². The molecule has 3 atom stereocenters. The fourth-order valence-electron chi connectivity index (χ4n) is 3.64. The molecule has 2 saturated heterocycles. The minimum absolute atomic E-state index is 0. The van der Waals surface area contributed by atoms with Gasteiger partial charge in [0.1, 0.15) is 5.75 Å². The van der Waals surface area contributed by atoms with Gasteiger partial charge in [0.2, 0.25) is 0 Å². The normalized spacial score (nSPS) is 25.0. The molecule has 0 radical (unpaired) electrons. The van der Waals surface area contributed by atoms with E-state index in [4.69, 9.17) is 4.74 Å². The number of aryl methyl sites for hydroxylation is 1. The molecular formula is C18H27ClN2O2. The summed E-state index contributed by atoms with van der Waals surface area (Å²) in [5.41, 5.74) is 1.15. The van der Waals surface area contributed by atoms with Crippen LogP contribution in [-0.2, 0) is 4.79 Å². The third kappa shape index (κ3) is 4.39. The predicted octanol–water partition coefficient (Wildman–Crippen LogP) is 2.64. The van der Waals surface area contributed by atoms with Crippen molar-refractivity contribution in [2.24, 2.45) is 11.8 Å². The molecular weight excluding hydrogens is 312 g/mol. The molecule has 3 rings (SSSR count). The van der Waals surface area contributed by atoms with Gasteiger partial charge in [-0.3, -0.25) is 4.79 Å². The van der Waals surface area contributed by atoms with Gasteiger partial charge in [0.15, 0.2) is 6.10 Å². The molecule has 1 amide bonds. The van der Waals surface area contributed by atoms with Crippen LogP contribution in [-0.4, -0.2) is 43.1 Å². The smallest absolute Gasteiger partial charge is 0.263 e. The number of nitrogens with one attached hydrogen (secondary N) is 1. The van der Waals surface area contributed by atoms with Crippen LogP contribution in [0.1, 0.15) is 25.3 Å². The standard InChI is InChI=1S/C18H26N2O2.ClH/c1-13-4-3-5-17(10-13)22-14(2)18(21)20-8-6-15-11-19-12-16(15)7-9-20;/h3-5,10,14-16,19H,6-9,11-12H2,1-2H3;1H/t14?,15-,16+;. The van der Waals surface area contributed by atoms with Crippen molar-refractivity contribution in [3.63, 3.8) is 0 Å². The zero-order valence-electron chi connectivity index (χ0n) is 14.0. The lowest BCUT2D eigenvalue weighted by Gasteiger charge is -2.25. The van der Waals surface area contributed by atoms with Gasteiger partial charge in [-0.2, -0.15) is 0 Å². The number of likely N-dealkylation sites (tertiary alicyclic amines) is 1. The highest BCUT2D eigenvalue weighted by atomic mass is 35.5. The summed E-state index contributed by atoms with van der Waals surface area (Å²) in [5, 5.41) is 3.47. The maximum Gasteiger partial charge on any atom is 0.263 e. The van der Waals surface area contributed by atoms with Crippen LogP contribution in [0.15, 0.2) is 24.3 Å². The Morgan fingerprint density at radius 2 is 1.91 bits per heavy atom. The average Bonchev–Trinajstić information content (AvgIpc) is 2.85. The molecule has 5 heteroatoms. The van der Waals surface area contributed by atoms with Crippen LogP contribution in [0.2, 0.25) is 0 Å². The average molecular weight is 339 g/mol. The molecule has 1 aromatic rings. The summed E-state index contributed by atoms with van der Waals surface area (Å²) in [6.45, 7) is 7.84. The third-order valence-electron chi connectivity index (χ3n) is 4.98. The highest BCUT2D eigenvalue weighted by molar-refractivity contribution is 5.85. The SMILES string of the molecule is Cc1cccc(OC(C)C(=O)N2CC[C@@H]3CNC[C@@H]3CC2)c1.Cl. The van der Waals surface area contributed by atoms with Gasteiger partial charge in [0.25, 0.3) is 5.91 Å². The van der Waals surface area contributed by atoms with Crippen molar-refractivity contribution < 1.29 is 9.53 Å². The van der Waals surface area contributed by atoms with E-state index in [0.29, 0.717) is 0 Å². The number of hydrogen-bond acceptors (Lipinski definition) is 3. The Bertz CT molecular complexity index is 524. The predicted molar refractivity (Wildman–Crippen MR) is 94.2 cm³/mol. The van der Waals surface area contributed by atoms with Crippen molar-refractivity contribution in [2.45, 2.75) is 32.8 Å². The van der Waals surface area contributed by atoms with E-state index in [0.717, 1.165) is 62.2 Å². The second-order valence-electron chi connectivity index (χ2n) is 6.66. The lowest BCUT2D eigenvalue weighted by Crippen LogP contribution is -2.41. The number of halogens is 1. The molecule has 0 bridgehead atoms. The lowest BCUT2D eigenvalue weighted by atomic mass is 9.92. The van der Waals surface area contributed by atoms with E-state index >= 15 is 0 Å². The van der Waals surface area contributed by atoms with Gasteiger partial charge in [-0.15, -0.1) is 12.4 Å². The van der Waals surface area contributed by atoms with Crippen molar-refractivity contribution >= 4 is 18.3 Å². The van der Waals surface area contributed by atoms with Crippen molar-refractivity contribution in [2.75, 3.05) is 26.2 Å². The Hall–Kier alpha value is -1.26. The van der Waals surface area contributed by atoms with Crippen molar-refractivity contribution in [1.82, 2.24) is 10.2 Å². The number of carbonyl (C=O) groups is 1. The van der Waals surface area contributed by atoms with Crippen LogP contribution in [0.5, 0.6) is 5.75 Å². The molecule has 0 aliphatic carbocycles. The first kappa shape index (κ1) is 18.1. The molecule has 0 saturated carbocycles. The third-order valence-corrected chi connectivity index (χ3v) is 4.98. The first-order valence-electron chi connectivity index (χ1n) is 8.36. The molecule has 0 aromatic heterocycles. The van der Waals surface area contributed by atoms with Gasteiger partial charge in [-0.1, -0.05) is 12.1 Å². The number of rotatable bonds is 3. The van der Waals surface area contributed by atoms with Gasteiger partial charge in [-0.25, -0.2) is 0 Å². The summed E-state index contributed by atoms with van der Waals surface area (Å²) in [5.74, 6) is 2.38. The highest BCUT2D eigenvalue weighted by Gasteiger charge is 2.32. The second-order valence-corrected chi connectivity index (χ2v) is 6.66. The van der Waals surface area contributed by atoms with E-state index in [1.807, 2.05) is 43.0 Å². The minimum atomic E-state index is -0.419. The van der Waals surface area contributed by atoms with Crippen LogP contribution < -0.4 is 10.1 Å². The second kappa shape index (κ2) is 8.02. The molecule has 4 nitrogen and oxygen atoms in total. The van der Waals surface area contributed by atoms with E-state index in [-0.39, 0.29) is 18.3 Å². The molecule has 2 fully saturated rings. The first-order valence-corrected chi connectivity index (χ1v) is 8.36. The summed E-state index contributed by atoms with van der Waals surface area (Å²) >= 11 is 0. The largest absolute Gasteiger partial charge is 0.481 e. The summed E-state index contributed by atoms with van der Waals surface area (Å²) in [4.78, 5) is 14.6. The molecule has 2 aliphatic heterocycles. The van der Waals surface area contributed by atoms with Gasteiger partial charge in [0, 0.05) is 13.1 Å². The van der Waals surface area contributed by atoms with Crippen LogP contribution in [0.4, 0.5) is 0 Å². The maximum absolute atomic E-state index is 12.6. The van der Waals surface area contributed by atoms with Crippen LogP contribution >= 0.6 is 12.4 Å². The number of amides is 1. The van der Waals surface area contributed by atoms with Gasteiger partial charge in [0.05, 0.1) is 0 Å². The molecule has 0 spiro atoms. The molecule has 23 heavy (non-hydrogen) atoms. The fourth-order valence-corrected chi connectivity index (χ4v) is 3.64. The quantitative estimate of drug-likeness (QED) is 0.921. The van der Waals surface area contributed by atoms with E-state index < -0.39 is 6.10 Å². The minimum Gasteiger partial charge on any atom is -0.481 e. The highest BCUT2D eigenvalue weighted by Crippen LogP contribution is 2.27. The van der Waals surface area contributed by atoms with Gasteiger partial charge >= 0.3 is 0 Å². The molecule has 128 valence electrons. The van der Waals surface area contributed by atoms with E-state index in [9.17, 15) is 4.79 Å². The van der Waals surface area contributed by atoms with Crippen LogP contribution in [0.3, 0.4) is 0 Å². The van der Waals surface area contributed by atoms with Gasteiger partial charge < -0.3 is 15.0 Å².